The van der Waals surface area contributed by atoms with E-state index in [1.807, 2.05) is 11.9 Å². The van der Waals surface area contributed by atoms with Crippen LogP contribution in [0.1, 0.15) is 17.3 Å². The number of aromatic carboxylic acids is 1. The minimum absolute atomic E-state index is 0.0593. The molecule has 1 fully saturated rings. The quantitative estimate of drug-likeness (QED) is 0.623. The predicted molar refractivity (Wildman–Crippen MR) is 113 cm³/mol. The molecule has 2 aromatic rings. The molecule has 1 aliphatic heterocycles. The van der Waals surface area contributed by atoms with E-state index in [-0.39, 0.29) is 17.4 Å². The summed E-state index contributed by atoms with van der Waals surface area (Å²) in [4.78, 5) is 24.9. The topological polar surface area (TPSA) is 116 Å². The first kappa shape index (κ1) is 26.4. The Bertz CT molecular complexity index is 946. The average Bonchev–Trinajstić information content (AvgIpc) is 3.20. The van der Waals surface area contributed by atoms with E-state index in [9.17, 15) is 23.1 Å². The number of halogens is 4. The lowest BCUT2D eigenvalue weighted by Gasteiger charge is -2.34. The number of morpholine rings is 1. The van der Waals surface area contributed by atoms with Crippen molar-refractivity contribution in [3.63, 3.8) is 0 Å². The van der Waals surface area contributed by atoms with Crippen LogP contribution in [0, 0.1) is 0 Å². The van der Waals surface area contributed by atoms with Crippen LogP contribution in [0.5, 0.6) is 0 Å². The number of carbonyl (C=O) groups is 2. The summed E-state index contributed by atoms with van der Waals surface area (Å²) in [5.74, 6) is -3.28. The minimum atomic E-state index is -5.08. The van der Waals surface area contributed by atoms with Gasteiger partial charge >= 0.3 is 18.1 Å². The monoisotopic (exact) mass is 493 g/mol. The van der Waals surface area contributed by atoms with Crippen molar-refractivity contribution in [2.75, 3.05) is 44.8 Å². The maximum atomic E-state index is 11.9. The fourth-order valence-electron chi connectivity index (χ4n) is 3.15. The number of ether oxygens (including phenoxy) is 1. The number of benzene rings is 1. The van der Waals surface area contributed by atoms with Crippen LogP contribution in [-0.2, 0) is 9.53 Å². The van der Waals surface area contributed by atoms with Crippen LogP contribution < -0.4 is 4.90 Å². The molecule has 0 saturated carbocycles. The molecule has 2 N–H and O–H groups in total. The van der Waals surface area contributed by atoms with Gasteiger partial charge in [0.05, 0.1) is 13.2 Å². The van der Waals surface area contributed by atoms with Gasteiger partial charge in [0.2, 0.25) is 0 Å². The molecule has 0 spiro atoms. The molecule has 1 aromatic carbocycles. The molecule has 1 aliphatic rings. The van der Waals surface area contributed by atoms with Crippen LogP contribution in [0.4, 0.5) is 19.0 Å². The van der Waals surface area contributed by atoms with Crippen LogP contribution in [-0.4, -0.2) is 84.3 Å². The van der Waals surface area contributed by atoms with E-state index in [2.05, 4.69) is 17.0 Å². The highest BCUT2D eigenvalue weighted by Gasteiger charge is 2.38. The molecule has 13 heteroatoms. The number of carboxylic acid groups (broad SMARTS) is 2. The first-order valence-corrected chi connectivity index (χ1v) is 10.1. The molecule has 0 amide bonds. The second-order valence-corrected chi connectivity index (χ2v) is 7.64. The fourth-order valence-corrected chi connectivity index (χ4v) is 3.28. The number of nitrogens with zero attached hydrogens (tertiary/aromatic N) is 3. The average molecular weight is 494 g/mol. The third kappa shape index (κ3) is 7.34. The van der Waals surface area contributed by atoms with Crippen molar-refractivity contribution < 1.29 is 42.2 Å². The van der Waals surface area contributed by atoms with Gasteiger partial charge in [-0.3, -0.25) is 4.90 Å². The van der Waals surface area contributed by atoms with Gasteiger partial charge in [-0.1, -0.05) is 16.8 Å². The number of alkyl halides is 3. The number of aromatic nitrogens is 1. The Morgan fingerprint density at radius 2 is 1.76 bits per heavy atom. The number of carboxylic acids is 2. The fraction of sp³-hybridized carbons (Fsp3) is 0.450. The van der Waals surface area contributed by atoms with Crippen LogP contribution in [0.25, 0.3) is 11.3 Å². The highest BCUT2D eigenvalue weighted by molar-refractivity contribution is 6.30. The van der Waals surface area contributed by atoms with Crippen molar-refractivity contribution in [2.45, 2.75) is 19.1 Å². The van der Waals surface area contributed by atoms with Crippen molar-refractivity contribution in [1.29, 1.82) is 0 Å². The van der Waals surface area contributed by atoms with Gasteiger partial charge < -0.3 is 24.4 Å². The van der Waals surface area contributed by atoms with Gasteiger partial charge in [-0.15, -0.1) is 0 Å². The molecule has 1 aromatic heterocycles. The van der Waals surface area contributed by atoms with Gasteiger partial charge in [0.25, 0.3) is 0 Å². The lowest BCUT2D eigenvalue weighted by Crippen LogP contribution is -2.47. The predicted octanol–water partition coefficient (Wildman–Crippen LogP) is 3.48. The number of rotatable bonds is 6. The van der Waals surface area contributed by atoms with Gasteiger partial charge in [-0.05, 0) is 31.2 Å². The van der Waals surface area contributed by atoms with Crippen LogP contribution in [0.15, 0.2) is 28.8 Å². The zero-order chi connectivity index (χ0) is 24.8. The summed E-state index contributed by atoms with van der Waals surface area (Å²) in [7, 11) is 1.83. The lowest BCUT2D eigenvalue weighted by molar-refractivity contribution is -0.192. The number of anilines is 1. The Morgan fingerprint density at radius 1 is 1.21 bits per heavy atom. The number of aliphatic carboxylic acids is 1. The van der Waals surface area contributed by atoms with Crippen molar-refractivity contribution in [3.05, 3.63) is 34.9 Å². The zero-order valence-electron chi connectivity index (χ0n) is 17.8. The van der Waals surface area contributed by atoms with Crippen molar-refractivity contribution in [3.8, 4) is 11.3 Å². The maximum absolute atomic E-state index is 11.9. The molecule has 33 heavy (non-hydrogen) atoms. The highest BCUT2D eigenvalue weighted by Crippen LogP contribution is 2.32. The Morgan fingerprint density at radius 3 is 2.24 bits per heavy atom. The molecule has 182 valence electrons. The molecule has 1 saturated heterocycles. The first-order chi connectivity index (χ1) is 15.4. The third-order valence-corrected chi connectivity index (χ3v) is 5.06. The molecule has 1 atom stereocenters. The lowest BCUT2D eigenvalue weighted by atomic mass is 10.1. The summed E-state index contributed by atoms with van der Waals surface area (Å²) in [5.41, 5.74) is 0.684. The highest BCUT2D eigenvalue weighted by atomic mass is 35.5. The molecule has 0 bridgehead atoms. The molecule has 9 nitrogen and oxygen atoms in total. The van der Waals surface area contributed by atoms with E-state index >= 15 is 0 Å². The van der Waals surface area contributed by atoms with E-state index in [1.54, 1.807) is 24.3 Å². The van der Waals surface area contributed by atoms with Crippen molar-refractivity contribution in [1.82, 2.24) is 10.1 Å². The molecule has 0 aliphatic carbocycles. The van der Waals surface area contributed by atoms with Gasteiger partial charge in [-0.2, -0.15) is 13.2 Å². The third-order valence-electron chi connectivity index (χ3n) is 4.81. The Kier molecular flexibility index (Phi) is 9.08. The molecular formula is C20H23ClF3N3O6. The Hall–Kier alpha value is -2.83. The molecule has 1 unspecified atom stereocenters. The molecule has 2 heterocycles. The summed E-state index contributed by atoms with van der Waals surface area (Å²) in [6.45, 7) is 5.93. The van der Waals surface area contributed by atoms with Crippen molar-refractivity contribution in [2.24, 2.45) is 0 Å². The molecule has 0 radical (unpaired) electrons. The van der Waals surface area contributed by atoms with E-state index in [0.717, 1.165) is 26.3 Å². The van der Waals surface area contributed by atoms with Gasteiger partial charge in [-0.25, -0.2) is 9.59 Å². The zero-order valence-corrected chi connectivity index (χ0v) is 18.6. The summed E-state index contributed by atoms with van der Waals surface area (Å²) in [6, 6.07) is 7.05. The minimum Gasteiger partial charge on any atom is -0.477 e. The van der Waals surface area contributed by atoms with Gasteiger partial charge in [0.1, 0.15) is 0 Å². The summed E-state index contributed by atoms with van der Waals surface area (Å²) in [6.07, 6.45) is -5.08. The summed E-state index contributed by atoms with van der Waals surface area (Å²) in [5, 5.41) is 21.4. The van der Waals surface area contributed by atoms with E-state index in [1.165, 1.54) is 0 Å². The van der Waals surface area contributed by atoms with Crippen LogP contribution in [0.3, 0.4) is 0 Å². The van der Waals surface area contributed by atoms with Gasteiger partial charge in [0, 0.05) is 43.3 Å². The summed E-state index contributed by atoms with van der Waals surface area (Å²) >= 11 is 5.90. The molecular weight excluding hydrogens is 471 g/mol. The van der Waals surface area contributed by atoms with E-state index in [0.29, 0.717) is 22.9 Å². The Labute approximate surface area is 192 Å². The Balaban J connectivity index is 0.000000479. The maximum Gasteiger partial charge on any atom is 0.490 e. The number of hydrogen-bond acceptors (Lipinski definition) is 7. The number of likely N-dealkylation sites (N-methyl/N-ethyl adjacent to an activating group) is 1. The normalized spacial score (nSPS) is 15.3. The van der Waals surface area contributed by atoms with Gasteiger partial charge in [0.15, 0.2) is 17.1 Å². The second-order valence-electron chi connectivity index (χ2n) is 7.20. The summed E-state index contributed by atoms with van der Waals surface area (Å²) < 4.78 is 42.5. The standard InChI is InChI=1S/C18H22ClN3O4.C2HF3O2/c1-12(22-7-9-25-10-8-22)11-21(2)17-15(18(23)24)16(26-20-17)13-3-5-14(19)6-4-13;3-2(4,5)1(6)7/h3-6,12H,7-11H2,1-2H3,(H,23,24);(H,6,7). The smallest absolute Gasteiger partial charge is 0.477 e. The van der Waals surface area contributed by atoms with Crippen molar-refractivity contribution >= 4 is 29.4 Å². The van der Waals surface area contributed by atoms with Crippen LogP contribution >= 0.6 is 11.6 Å². The second kappa shape index (κ2) is 11.3. The SMILES string of the molecule is CC(CN(C)c1noc(-c2ccc(Cl)cc2)c1C(=O)O)N1CCOCC1.O=C(O)C(F)(F)F. The number of hydrogen-bond donors (Lipinski definition) is 2. The van der Waals surface area contributed by atoms with E-state index < -0.39 is 18.1 Å². The van der Waals surface area contributed by atoms with Crippen LogP contribution in [0.2, 0.25) is 5.02 Å². The molecule has 3 rings (SSSR count). The largest absolute Gasteiger partial charge is 0.490 e. The first-order valence-electron chi connectivity index (χ1n) is 9.73. The van der Waals surface area contributed by atoms with E-state index in [4.69, 9.17) is 30.8 Å².